The van der Waals surface area contributed by atoms with Gasteiger partial charge in [0.15, 0.2) is 0 Å². The molecule has 5 aromatic rings. The number of fused-ring (bicyclic) bond motifs is 4. The van der Waals surface area contributed by atoms with Gasteiger partial charge in [0.25, 0.3) is 0 Å². The molecule has 0 unspecified atom stereocenters. The SMILES string of the molecule is COC(=O)N[C@H](C(=O)N1CCC[C@H]1c1ncc(-c2ccc3c(c2)Oc2ccc4cc(-c5cnc([C@@H]6CCCN6C[C@@H](NC(=O)OC)C6CCOCC6)[nH]5)ccc4c2[C@@H]3C)[nH]1)C1CCOCC1. The smallest absolute Gasteiger partial charge is 0.407 e. The molecule has 4 saturated heterocycles. The van der Waals surface area contributed by atoms with Gasteiger partial charge in [-0.15, -0.1) is 0 Å². The number of imidazole rings is 2. The first kappa shape index (κ1) is 43.9. The lowest BCUT2D eigenvalue weighted by Crippen LogP contribution is -2.53. The van der Waals surface area contributed by atoms with Crippen molar-refractivity contribution in [2.45, 2.75) is 88.4 Å². The van der Waals surface area contributed by atoms with Crippen LogP contribution in [0.3, 0.4) is 0 Å². The van der Waals surface area contributed by atoms with Crippen LogP contribution >= 0.6 is 0 Å². The molecule has 348 valence electrons. The zero-order valence-electron chi connectivity index (χ0n) is 38.0. The monoisotopic (exact) mass is 900 g/mol. The molecule has 0 spiro atoms. The van der Waals surface area contributed by atoms with E-state index in [0.29, 0.717) is 51.7 Å². The van der Waals surface area contributed by atoms with E-state index in [0.717, 1.165) is 119 Å². The van der Waals surface area contributed by atoms with E-state index in [2.05, 4.69) is 81.0 Å². The largest absolute Gasteiger partial charge is 0.457 e. The summed E-state index contributed by atoms with van der Waals surface area (Å²) in [7, 11) is 2.73. The number of hydrogen-bond donors (Lipinski definition) is 4. The number of carbonyl (C=O) groups is 3. The summed E-state index contributed by atoms with van der Waals surface area (Å²) >= 11 is 0. The number of methoxy groups -OCH3 is 2. The van der Waals surface area contributed by atoms with Crippen molar-refractivity contribution >= 4 is 28.9 Å². The zero-order chi connectivity index (χ0) is 45.3. The highest BCUT2D eigenvalue weighted by Gasteiger charge is 2.40. The van der Waals surface area contributed by atoms with Crippen molar-refractivity contribution < 1.29 is 38.1 Å². The maximum absolute atomic E-state index is 14.1. The van der Waals surface area contributed by atoms with Crippen molar-refractivity contribution in [2.75, 3.05) is 60.3 Å². The minimum atomic E-state index is -0.691. The molecule has 3 amide bonds. The molecule has 5 aliphatic rings. The first-order chi connectivity index (χ1) is 32.3. The highest BCUT2D eigenvalue weighted by molar-refractivity contribution is 5.93. The number of H-pyrrole nitrogens is 2. The molecule has 0 saturated carbocycles. The molecule has 5 atom stereocenters. The van der Waals surface area contributed by atoms with Gasteiger partial charge in [0.05, 0.1) is 50.1 Å². The van der Waals surface area contributed by atoms with Gasteiger partial charge < -0.3 is 49.2 Å². The zero-order valence-corrected chi connectivity index (χ0v) is 38.0. The van der Waals surface area contributed by atoms with Crippen LogP contribution in [0.25, 0.3) is 33.3 Å². The Labute approximate surface area is 384 Å². The molecule has 0 bridgehead atoms. The maximum Gasteiger partial charge on any atom is 0.407 e. The number of nitrogens with zero attached hydrogens (tertiary/aromatic N) is 4. The van der Waals surface area contributed by atoms with Crippen molar-refractivity contribution in [2.24, 2.45) is 11.8 Å². The van der Waals surface area contributed by atoms with Crippen LogP contribution in [0.15, 0.2) is 60.9 Å². The van der Waals surface area contributed by atoms with Gasteiger partial charge in [0.1, 0.15) is 29.2 Å². The number of hydrogen-bond acceptors (Lipinski definition) is 11. The summed E-state index contributed by atoms with van der Waals surface area (Å²) < 4.78 is 27.8. The van der Waals surface area contributed by atoms with Crippen molar-refractivity contribution in [1.82, 2.24) is 40.4 Å². The average molecular weight is 901 g/mol. The number of aromatic nitrogens is 4. The van der Waals surface area contributed by atoms with E-state index in [1.807, 2.05) is 17.3 Å². The van der Waals surface area contributed by atoms with Crippen LogP contribution in [-0.2, 0) is 23.7 Å². The molecule has 0 radical (unpaired) electrons. The predicted molar refractivity (Wildman–Crippen MR) is 246 cm³/mol. The maximum atomic E-state index is 14.1. The van der Waals surface area contributed by atoms with Crippen LogP contribution in [0.1, 0.15) is 99.1 Å². The van der Waals surface area contributed by atoms with Gasteiger partial charge in [0.2, 0.25) is 5.91 Å². The molecule has 4 N–H and O–H groups in total. The van der Waals surface area contributed by atoms with E-state index < -0.39 is 18.2 Å². The number of aromatic amines is 2. The van der Waals surface area contributed by atoms with Crippen LogP contribution in [0.5, 0.6) is 11.5 Å². The van der Waals surface area contributed by atoms with Crippen LogP contribution < -0.4 is 15.4 Å². The molecule has 2 aromatic heterocycles. The Morgan fingerprint density at radius 1 is 0.742 bits per heavy atom. The lowest BCUT2D eigenvalue weighted by atomic mass is 9.85. The highest BCUT2D eigenvalue weighted by Crippen LogP contribution is 2.48. The van der Waals surface area contributed by atoms with Gasteiger partial charge in [-0.25, -0.2) is 19.6 Å². The van der Waals surface area contributed by atoms with E-state index in [-0.39, 0.29) is 35.9 Å². The van der Waals surface area contributed by atoms with E-state index in [9.17, 15) is 14.4 Å². The average Bonchev–Trinajstić information content (AvgIpc) is 4.21. The molecular weight excluding hydrogens is 841 g/mol. The summed E-state index contributed by atoms with van der Waals surface area (Å²) in [5, 5.41) is 8.23. The third kappa shape index (κ3) is 8.73. The number of likely N-dealkylation sites (tertiary alicyclic amines) is 2. The van der Waals surface area contributed by atoms with Gasteiger partial charge >= 0.3 is 12.2 Å². The van der Waals surface area contributed by atoms with Gasteiger partial charge in [-0.1, -0.05) is 37.3 Å². The fourth-order valence-electron chi connectivity index (χ4n) is 11.1. The predicted octanol–water partition coefficient (Wildman–Crippen LogP) is 7.98. The second kappa shape index (κ2) is 19.1. The van der Waals surface area contributed by atoms with Gasteiger partial charge in [-0.2, -0.15) is 0 Å². The van der Waals surface area contributed by atoms with E-state index in [4.69, 9.17) is 33.7 Å². The number of rotatable bonds is 11. The van der Waals surface area contributed by atoms with Crippen LogP contribution in [0, 0.1) is 11.8 Å². The molecule has 0 aliphatic carbocycles. The summed E-state index contributed by atoms with van der Waals surface area (Å²) in [6, 6.07) is 16.3. The van der Waals surface area contributed by atoms with Crippen molar-refractivity contribution in [3.05, 3.63) is 83.7 Å². The standard InChI is InChI=1S/C50H60N8O8/c1-29-35-11-8-34(38-27-52-47(54-38)41-7-5-19-58(41)48(59)45(56-50(61)63-3)31-16-22-65-23-17-31)25-43(35)66-42-13-10-32-24-33(9-12-36(32)44(29)42)37-26-51-46(53-37)40-6-4-18-57(40)28-39(55-49(60)62-2)30-14-20-64-21-15-30/h8-13,24-27,29-31,39-41,45H,4-7,14-23,28H2,1-3H3,(H,51,53)(H,52,54)(H,55,60)(H,56,61)/t29-,39-,40+,41+,45+/m1/s1. The number of amides is 3. The fourth-order valence-corrected chi connectivity index (χ4v) is 11.1. The molecular formula is C50H60N8O8. The Morgan fingerprint density at radius 2 is 1.38 bits per heavy atom. The third-order valence-corrected chi connectivity index (χ3v) is 14.7. The highest BCUT2D eigenvalue weighted by atomic mass is 16.5. The van der Waals surface area contributed by atoms with Gasteiger partial charge in [-0.05, 0) is 98.7 Å². The molecule has 10 rings (SSSR count). The van der Waals surface area contributed by atoms with Crippen molar-refractivity contribution in [3.63, 3.8) is 0 Å². The summed E-state index contributed by atoms with van der Waals surface area (Å²) in [5.74, 6) is 3.57. The van der Waals surface area contributed by atoms with Crippen LogP contribution in [0.2, 0.25) is 0 Å². The van der Waals surface area contributed by atoms with E-state index in [1.165, 1.54) is 14.2 Å². The fraction of sp³-hybridized carbons (Fsp3) is 0.500. The Balaban J connectivity index is 0.834. The number of carbonyl (C=O) groups excluding carboxylic acids is 3. The minimum absolute atomic E-state index is 0.0255. The molecule has 66 heavy (non-hydrogen) atoms. The first-order valence-corrected chi connectivity index (χ1v) is 23.6. The van der Waals surface area contributed by atoms with Crippen molar-refractivity contribution in [1.29, 1.82) is 0 Å². The quantitative estimate of drug-likeness (QED) is 0.101. The Kier molecular flexibility index (Phi) is 12.7. The number of nitrogens with one attached hydrogen (secondary N) is 4. The minimum Gasteiger partial charge on any atom is -0.457 e. The topological polar surface area (TPSA) is 185 Å². The van der Waals surface area contributed by atoms with Crippen molar-refractivity contribution in [3.8, 4) is 34.0 Å². The van der Waals surface area contributed by atoms with E-state index >= 15 is 0 Å². The molecule has 16 nitrogen and oxygen atoms in total. The number of benzene rings is 3. The Morgan fingerprint density at radius 3 is 2.11 bits per heavy atom. The second-order valence-electron chi connectivity index (χ2n) is 18.5. The molecule has 5 aliphatic heterocycles. The van der Waals surface area contributed by atoms with Crippen LogP contribution in [-0.4, -0.2) is 120 Å². The molecule has 16 heteroatoms. The first-order valence-electron chi connectivity index (χ1n) is 23.6. The summed E-state index contributed by atoms with van der Waals surface area (Å²) in [5.41, 5.74) is 6.07. The molecule has 4 fully saturated rings. The van der Waals surface area contributed by atoms with Gasteiger partial charge in [-0.3, -0.25) is 9.69 Å². The number of ether oxygens (including phenoxy) is 5. The summed E-state index contributed by atoms with van der Waals surface area (Å²) in [4.78, 5) is 60.0. The summed E-state index contributed by atoms with van der Waals surface area (Å²) in [6.45, 7) is 7.04. The third-order valence-electron chi connectivity index (χ3n) is 14.7. The molecule has 7 heterocycles. The van der Waals surface area contributed by atoms with Gasteiger partial charge in [0, 0.05) is 73.7 Å². The second-order valence-corrected chi connectivity index (χ2v) is 18.5. The van der Waals surface area contributed by atoms with E-state index in [1.54, 1.807) is 0 Å². The Bertz CT molecular complexity index is 2560. The lowest BCUT2D eigenvalue weighted by Gasteiger charge is -2.34. The number of alkyl carbamates (subject to hydrolysis) is 2. The summed E-state index contributed by atoms with van der Waals surface area (Å²) in [6.07, 6.45) is 9.65. The van der Waals surface area contributed by atoms with Crippen LogP contribution in [0.4, 0.5) is 9.59 Å². The molecule has 3 aromatic carbocycles. The normalized spacial score (nSPS) is 22.3. The lowest BCUT2D eigenvalue weighted by molar-refractivity contribution is -0.136. The Hall–Kier alpha value is -5.97.